The van der Waals surface area contributed by atoms with Crippen molar-refractivity contribution >= 4 is 29.3 Å². The largest absolute Gasteiger partial charge is 0.496 e. The van der Waals surface area contributed by atoms with Crippen molar-refractivity contribution in [1.29, 1.82) is 0 Å². The Morgan fingerprint density at radius 1 is 1.14 bits per heavy atom. The van der Waals surface area contributed by atoms with Gasteiger partial charge < -0.3 is 15.4 Å². The molecule has 1 aliphatic heterocycles. The van der Waals surface area contributed by atoms with E-state index < -0.39 is 0 Å². The summed E-state index contributed by atoms with van der Waals surface area (Å²) in [5.74, 6) is 0.596. The van der Waals surface area contributed by atoms with Gasteiger partial charge in [-0.15, -0.1) is 0 Å². The lowest BCUT2D eigenvalue weighted by Crippen LogP contribution is -2.43. The molecule has 112 valence electrons. The Bertz CT molecular complexity index is 743. The molecule has 0 aromatic heterocycles. The van der Waals surface area contributed by atoms with Gasteiger partial charge >= 0.3 is 0 Å². The molecular formula is C17H15ClN2O2. The van der Waals surface area contributed by atoms with Crippen LogP contribution in [0.15, 0.2) is 48.5 Å². The molecule has 2 aromatic rings. The monoisotopic (exact) mass is 314 g/mol. The second kappa shape index (κ2) is 6.12. The van der Waals surface area contributed by atoms with E-state index in [2.05, 4.69) is 10.6 Å². The van der Waals surface area contributed by atoms with Gasteiger partial charge in [-0.2, -0.15) is 0 Å². The zero-order chi connectivity index (χ0) is 15.5. The molecule has 0 radical (unpaired) electrons. The molecular weight excluding hydrogens is 300 g/mol. The van der Waals surface area contributed by atoms with E-state index in [1.807, 2.05) is 48.6 Å². The molecule has 0 spiro atoms. The highest BCUT2D eigenvalue weighted by atomic mass is 35.5. The molecule has 5 heteroatoms. The Balaban J connectivity index is 1.83. The summed E-state index contributed by atoms with van der Waals surface area (Å²) in [7, 11) is 1.63. The number of hydrogen-bond acceptors (Lipinski definition) is 3. The Morgan fingerprint density at radius 3 is 2.77 bits per heavy atom. The van der Waals surface area contributed by atoms with E-state index in [1.165, 1.54) is 0 Å². The number of carbonyl (C=O) groups excluding carboxylic acids is 1. The first-order valence-electron chi connectivity index (χ1n) is 6.86. The number of anilines is 1. The Hall–Kier alpha value is -2.46. The van der Waals surface area contributed by atoms with Crippen LogP contribution < -0.4 is 15.4 Å². The first-order valence-corrected chi connectivity index (χ1v) is 7.24. The van der Waals surface area contributed by atoms with E-state index in [4.69, 9.17) is 16.3 Å². The number of nitrogens with one attached hydrogen (secondary N) is 2. The summed E-state index contributed by atoms with van der Waals surface area (Å²) in [5.41, 5.74) is 2.15. The first-order chi connectivity index (χ1) is 10.7. The van der Waals surface area contributed by atoms with Crippen molar-refractivity contribution in [2.75, 3.05) is 12.4 Å². The molecule has 3 rings (SSSR count). The fourth-order valence-electron chi connectivity index (χ4n) is 2.39. The predicted molar refractivity (Wildman–Crippen MR) is 88.4 cm³/mol. The number of methoxy groups -OCH3 is 1. The van der Waals surface area contributed by atoms with Gasteiger partial charge in [-0.25, -0.2) is 0 Å². The van der Waals surface area contributed by atoms with E-state index >= 15 is 0 Å². The van der Waals surface area contributed by atoms with Crippen LogP contribution in [0, 0.1) is 0 Å². The maximum atomic E-state index is 12.2. The van der Waals surface area contributed by atoms with Gasteiger partial charge in [-0.05, 0) is 24.3 Å². The number of amides is 1. The van der Waals surface area contributed by atoms with Crippen molar-refractivity contribution < 1.29 is 9.53 Å². The maximum Gasteiger partial charge on any atom is 0.256 e. The normalized spacial score (nSPS) is 16.8. The van der Waals surface area contributed by atoms with Gasteiger partial charge in [0.15, 0.2) is 0 Å². The molecule has 0 unspecified atom stereocenters. The van der Waals surface area contributed by atoms with Crippen LogP contribution >= 0.6 is 11.6 Å². The SMILES string of the molecule is COc1ccccc1/C=C/[C@@H]1NC(=O)c2c(Cl)cccc2N1. The highest BCUT2D eigenvalue weighted by Gasteiger charge is 2.23. The van der Waals surface area contributed by atoms with Crippen LogP contribution in [0.4, 0.5) is 5.69 Å². The molecule has 0 saturated heterocycles. The molecule has 0 aliphatic carbocycles. The van der Waals surface area contributed by atoms with Crippen LogP contribution in [0.25, 0.3) is 6.08 Å². The third-order valence-electron chi connectivity index (χ3n) is 3.45. The second-order valence-corrected chi connectivity index (χ2v) is 5.27. The van der Waals surface area contributed by atoms with Crippen LogP contribution in [0.3, 0.4) is 0 Å². The summed E-state index contributed by atoms with van der Waals surface area (Å²) in [6.07, 6.45) is 3.48. The standard InChI is InChI=1S/C17H15ClN2O2/c1-22-14-8-3-2-5-11(14)9-10-15-19-13-7-4-6-12(18)16(13)17(21)20-15/h2-10,15,19H,1H3,(H,20,21)/b10-9+/t15-/m0/s1. The van der Waals surface area contributed by atoms with E-state index in [0.717, 1.165) is 17.0 Å². The number of carbonyl (C=O) groups is 1. The van der Waals surface area contributed by atoms with Crippen molar-refractivity contribution in [3.8, 4) is 5.75 Å². The maximum absolute atomic E-state index is 12.2. The molecule has 0 fully saturated rings. The van der Waals surface area contributed by atoms with Crippen LogP contribution in [0.2, 0.25) is 5.02 Å². The number of fused-ring (bicyclic) bond motifs is 1. The molecule has 1 aliphatic rings. The van der Waals surface area contributed by atoms with Crippen molar-refractivity contribution in [3.63, 3.8) is 0 Å². The molecule has 1 heterocycles. The lowest BCUT2D eigenvalue weighted by atomic mass is 10.1. The number of hydrogen-bond donors (Lipinski definition) is 2. The predicted octanol–water partition coefficient (Wildman–Crippen LogP) is 3.54. The number of rotatable bonds is 3. The highest BCUT2D eigenvalue weighted by Crippen LogP contribution is 2.28. The van der Waals surface area contributed by atoms with Gasteiger partial charge in [0.25, 0.3) is 5.91 Å². The van der Waals surface area contributed by atoms with Gasteiger partial charge in [0.1, 0.15) is 11.9 Å². The first kappa shape index (κ1) is 14.5. The summed E-state index contributed by atoms with van der Waals surface area (Å²) >= 11 is 6.06. The third kappa shape index (κ3) is 2.78. The van der Waals surface area contributed by atoms with Gasteiger partial charge in [0.05, 0.1) is 23.4 Å². The third-order valence-corrected chi connectivity index (χ3v) is 3.76. The second-order valence-electron chi connectivity index (χ2n) is 4.86. The molecule has 0 saturated carbocycles. The number of ether oxygens (including phenoxy) is 1. The summed E-state index contributed by atoms with van der Waals surface area (Å²) in [6.45, 7) is 0. The van der Waals surface area contributed by atoms with E-state index in [9.17, 15) is 4.79 Å². The van der Waals surface area contributed by atoms with E-state index in [-0.39, 0.29) is 12.1 Å². The minimum absolute atomic E-state index is 0.186. The van der Waals surface area contributed by atoms with Crippen LogP contribution in [-0.2, 0) is 0 Å². The number of halogens is 1. The summed E-state index contributed by atoms with van der Waals surface area (Å²) in [4.78, 5) is 12.2. The van der Waals surface area contributed by atoms with Crippen LogP contribution in [0.1, 0.15) is 15.9 Å². The quantitative estimate of drug-likeness (QED) is 0.911. The van der Waals surface area contributed by atoms with Crippen molar-refractivity contribution in [2.45, 2.75) is 6.17 Å². The Morgan fingerprint density at radius 2 is 1.95 bits per heavy atom. The fourth-order valence-corrected chi connectivity index (χ4v) is 2.65. The van der Waals surface area contributed by atoms with Gasteiger partial charge in [-0.3, -0.25) is 4.79 Å². The van der Waals surface area contributed by atoms with Gasteiger partial charge in [0, 0.05) is 5.56 Å². The number of benzene rings is 2. The van der Waals surface area contributed by atoms with Gasteiger partial charge in [0.2, 0.25) is 0 Å². The summed E-state index contributed by atoms with van der Waals surface area (Å²) in [6, 6.07) is 13.0. The molecule has 0 bridgehead atoms. The molecule has 2 N–H and O–H groups in total. The Labute approximate surface area is 133 Å². The minimum Gasteiger partial charge on any atom is -0.496 e. The topological polar surface area (TPSA) is 50.4 Å². The van der Waals surface area contributed by atoms with Crippen molar-refractivity contribution in [2.24, 2.45) is 0 Å². The fraction of sp³-hybridized carbons (Fsp3) is 0.118. The molecule has 1 atom stereocenters. The zero-order valence-electron chi connectivity index (χ0n) is 12.0. The lowest BCUT2D eigenvalue weighted by molar-refractivity contribution is 0.0943. The van der Waals surface area contributed by atoms with Crippen molar-refractivity contribution in [3.05, 3.63) is 64.7 Å². The van der Waals surface area contributed by atoms with Gasteiger partial charge in [-0.1, -0.05) is 41.9 Å². The lowest BCUT2D eigenvalue weighted by Gasteiger charge is -2.26. The van der Waals surface area contributed by atoms with E-state index in [1.54, 1.807) is 13.2 Å². The van der Waals surface area contributed by atoms with Crippen LogP contribution in [0.5, 0.6) is 5.75 Å². The van der Waals surface area contributed by atoms with E-state index in [0.29, 0.717) is 10.6 Å². The van der Waals surface area contributed by atoms with Crippen LogP contribution in [-0.4, -0.2) is 19.2 Å². The molecule has 2 aromatic carbocycles. The Kier molecular flexibility index (Phi) is 4.02. The summed E-state index contributed by atoms with van der Waals surface area (Å²) in [5, 5.41) is 6.53. The average molecular weight is 315 g/mol. The summed E-state index contributed by atoms with van der Waals surface area (Å²) < 4.78 is 5.30. The minimum atomic E-state index is -0.302. The van der Waals surface area contributed by atoms with Crippen molar-refractivity contribution in [1.82, 2.24) is 5.32 Å². The molecule has 22 heavy (non-hydrogen) atoms. The average Bonchev–Trinajstić information content (AvgIpc) is 2.53. The smallest absolute Gasteiger partial charge is 0.256 e. The number of para-hydroxylation sites is 1. The molecule has 1 amide bonds. The zero-order valence-corrected chi connectivity index (χ0v) is 12.7. The molecule has 4 nitrogen and oxygen atoms in total. The highest BCUT2D eigenvalue weighted by molar-refractivity contribution is 6.34.